The lowest BCUT2D eigenvalue weighted by Crippen LogP contribution is -2.50. The first-order chi connectivity index (χ1) is 8.99. The minimum atomic E-state index is -3.03. The Morgan fingerprint density at radius 2 is 1.89 bits per heavy atom. The predicted molar refractivity (Wildman–Crippen MR) is 73.4 cm³/mol. The fraction of sp³-hybridized carbons (Fsp3) is 0.909. The molecule has 0 spiro atoms. The zero-order valence-corrected chi connectivity index (χ0v) is 13.2. The largest absolute Gasteiger partial charge is 0.679 e. The van der Waals surface area contributed by atoms with Gasteiger partial charge in [-0.1, -0.05) is 0 Å². The second-order valence-electron chi connectivity index (χ2n) is 3.93. The molecule has 0 aromatic carbocycles. The van der Waals surface area contributed by atoms with Crippen LogP contribution in [0.15, 0.2) is 0 Å². The lowest BCUT2D eigenvalue weighted by atomic mass is 10.2. The van der Waals surface area contributed by atoms with E-state index >= 15 is 0 Å². The Morgan fingerprint density at radius 1 is 1.32 bits per heavy atom. The molecule has 0 aliphatic heterocycles. The summed E-state index contributed by atoms with van der Waals surface area (Å²) in [5.74, 6) is 0. The number of rotatable bonds is 11. The molecule has 0 aliphatic rings. The molecule has 19 heavy (non-hydrogen) atoms. The number of hydrogen-bond donors (Lipinski definition) is 2. The number of nitrogens with one attached hydrogen (secondary N) is 1. The monoisotopic (exact) mass is 294 g/mol. The molecule has 0 aliphatic carbocycles. The van der Waals surface area contributed by atoms with E-state index in [1.54, 1.807) is 0 Å². The Morgan fingerprint density at radius 3 is 2.32 bits per heavy atom. The molecule has 1 unspecified atom stereocenters. The fourth-order valence-corrected chi connectivity index (χ4v) is 3.40. The lowest BCUT2D eigenvalue weighted by molar-refractivity contribution is -0.0390. The van der Waals surface area contributed by atoms with Gasteiger partial charge in [-0.15, -0.1) is 0 Å². The van der Waals surface area contributed by atoms with E-state index in [1.165, 1.54) is 7.11 Å². The maximum absolute atomic E-state index is 10.5. The van der Waals surface area contributed by atoms with E-state index in [4.69, 9.17) is 23.4 Å². The summed E-state index contributed by atoms with van der Waals surface area (Å²) in [7, 11) is -1.50. The van der Waals surface area contributed by atoms with Crippen LogP contribution in [-0.4, -0.2) is 48.1 Å². The van der Waals surface area contributed by atoms with Gasteiger partial charge >= 0.3 is 15.1 Å². The van der Waals surface area contributed by atoms with Crippen LogP contribution in [0.5, 0.6) is 0 Å². The minimum absolute atomic E-state index is 0.0839. The van der Waals surface area contributed by atoms with Crippen molar-refractivity contribution < 1.29 is 22.5 Å². The number of amides is 2. The number of urea groups is 1. The van der Waals surface area contributed by atoms with E-state index in [0.29, 0.717) is 19.8 Å². The second-order valence-corrected chi connectivity index (χ2v) is 6.15. The summed E-state index contributed by atoms with van der Waals surface area (Å²) in [5, 5.41) is 2.53. The number of carbonyl (C=O) groups is 1. The molecule has 8 heteroatoms. The third kappa shape index (κ3) is 8.17. The summed E-state index contributed by atoms with van der Waals surface area (Å²) in [4.78, 5) is 10.5. The Kier molecular flexibility index (Phi) is 9.80. The predicted octanol–water partition coefficient (Wildman–Crippen LogP) is 0.995. The number of nitrogens with two attached hydrogens (primary N) is 1. The molecule has 7 nitrogen and oxygen atoms in total. The van der Waals surface area contributed by atoms with Gasteiger partial charge in [0.25, 0.3) is 0 Å². The molecule has 0 rings (SSSR count). The Hall–Kier alpha value is -0.673. The molecule has 0 aromatic rings. The van der Waals surface area contributed by atoms with E-state index in [-0.39, 0.29) is 6.10 Å². The maximum Gasteiger partial charge on any atom is 0.679 e. The third-order valence-corrected chi connectivity index (χ3v) is 4.80. The van der Waals surface area contributed by atoms with E-state index in [0.717, 1.165) is 12.8 Å². The van der Waals surface area contributed by atoms with Crippen molar-refractivity contribution in [2.24, 2.45) is 5.73 Å². The average Bonchev–Trinajstić information content (AvgIpc) is 2.35. The van der Waals surface area contributed by atoms with Crippen molar-refractivity contribution in [3.8, 4) is 0 Å². The zero-order valence-electron chi connectivity index (χ0n) is 12.2. The number of hydrogen-bond acceptors (Lipinski definition) is 5. The van der Waals surface area contributed by atoms with Crippen LogP contribution < -0.4 is 11.1 Å². The highest BCUT2D eigenvalue weighted by Crippen LogP contribution is 2.15. The van der Waals surface area contributed by atoms with Crippen molar-refractivity contribution >= 4 is 15.1 Å². The van der Waals surface area contributed by atoms with Crippen molar-refractivity contribution in [3.63, 3.8) is 0 Å². The summed E-state index contributed by atoms with van der Waals surface area (Å²) >= 11 is 0. The summed E-state index contributed by atoms with van der Waals surface area (Å²) in [6.07, 6.45) is 1.43. The first kappa shape index (κ1) is 18.3. The van der Waals surface area contributed by atoms with Gasteiger partial charge in [-0.3, -0.25) is 0 Å². The van der Waals surface area contributed by atoms with Gasteiger partial charge in [-0.05, 0) is 33.6 Å². The van der Waals surface area contributed by atoms with Crippen LogP contribution >= 0.6 is 0 Å². The molecule has 0 saturated carbocycles. The van der Waals surface area contributed by atoms with E-state index in [1.807, 2.05) is 20.8 Å². The van der Waals surface area contributed by atoms with Gasteiger partial charge in [0.15, 0.2) is 0 Å². The Labute approximate surface area is 116 Å². The van der Waals surface area contributed by atoms with Crippen LogP contribution in [0, 0.1) is 0 Å². The molecule has 0 radical (unpaired) electrons. The third-order valence-electron chi connectivity index (χ3n) is 2.32. The topological polar surface area (TPSA) is 92.0 Å². The summed E-state index contributed by atoms with van der Waals surface area (Å²) < 4.78 is 22.2. The van der Waals surface area contributed by atoms with Crippen LogP contribution in [0.4, 0.5) is 4.79 Å². The second kappa shape index (κ2) is 10.2. The fourth-order valence-electron chi connectivity index (χ4n) is 1.54. The molecular formula is C11H26N2O5Si. The van der Waals surface area contributed by atoms with Crippen molar-refractivity contribution in [2.75, 3.05) is 26.9 Å². The molecule has 0 heterocycles. The average molecular weight is 294 g/mol. The number of primary amides is 1. The summed E-state index contributed by atoms with van der Waals surface area (Å²) in [5.41, 5.74) is 4.98. The Bertz CT molecular complexity index is 249. The normalized spacial score (nSPS) is 13.3. The summed E-state index contributed by atoms with van der Waals surface area (Å²) in [6, 6.07) is -0.516. The zero-order chi connectivity index (χ0) is 14.7. The van der Waals surface area contributed by atoms with Gasteiger partial charge in [-0.25, -0.2) is 4.79 Å². The van der Waals surface area contributed by atoms with E-state index in [2.05, 4.69) is 5.32 Å². The summed E-state index contributed by atoms with van der Waals surface area (Å²) in [6.45, 7) is 7.11. The van der Waals surface area contributed by atoms with E-state index in [9.17, 15) is 4.79 Å². The van der Waals surface area contributed by atoms with Crippen molar-refractivity contribution in [1.29, 1.82) is 0 Å². The van der Waals surface area contributed by atoms with Gasteiger partial charge in [0.1, 0.15) is 0 Å². The first-order valence-electron chi connectivity index (χ1n) is 6.53. The van der Waals surface area contributed by atoms with Gasteiger partial charge < -0.3 is 28.8 Å². The van der Waals surface area contributed by atoms with Crippen LogP contribution in [0.3, 0.4) is 0 Å². The molecule has 0 bridgehead atoms. The van der Waals surface area contributed by atoms with Crippen molar-refractivity contribution in [2.45, 2.75) is 39.7 Å². The van der Waals surface area contributed by atoms with E-state index < -0.39 is 15.1 Å². The molecule has 0 aromatic heterocycles. The lowest BCUT2D eigenvalue weighted by Gasteiger charge is -2.28. The van der Waals surface area contributed by atoms with Gasteiger partial charge in [-0.2, -0.15) is 0 Å². The standard InChI is InChI=1S/C11H26N2O5Si/c1-5-16-19(15-4,17-6-2)18-10(3)8-7-9-13-11(12)14/h10H,5-9H2,1-4H3,(H3,12,13,14). The van der Waals surface area contributed by atoms with Crippen LogP contribution in [-0.2, 0) is 17.7 Å². The Balaban J connectivity index is 4.14. The molecule has 2 amide bonds. The van der Waals surface area contributed by atoms with Crippen molar-refractivity contribution in [3.05, 3.63) is 0 Å². The van der Waals surface area contributed by atoms with Gasteiger partial charge in [0.05, 0.1) is 0 Å². The van der Waals surface area contributed by atoms with Crippen LogP contribution in [0.1, 0.15) is 33.6 Å². The smallest absolute Gasteiger partial charge is 0.355 e. The SMILES string of the molecule is CCO[Si](OC)(OCC)OC(C)CCCNC(N)=O. The maximum atomic E-state index is 10.5. The minimum Gasteiger partial charge on any atom is -0.355 e. The highest BCUT2D eigenvalue weighted by atomic mass is 28.4. The highest BCUT2D eigenvalue weighted by Gasteiger charge is 2.45. The van der Waals surface area contributed by atoms with Gasteiger partial charge in [0, 0.05) is 33.0 Å². The highest BCUT2D eigenvalue weighted by molar-refractivity contribution is 6.53. The molecule has 0 fully saturated rings. The van der Waals surface area contributed by atoms with Crippen LogP contribution in [0.2, 0.25) is 0 Å². The molecule has 3 N–H and O–H groups in total. The van der Waals surface area contributed by atoms with Crippen molar-refractivity contribution in [1.82, 2.24) is 5.32 Å². The van der Waals surface area contributed by atoms with Crippen LogP contribution in [0.25, 0.3) is 0 Å². The molecule has 1 atom stereocenters. The first-order valence-corrected chi connectivity index (χ1v) is 8.17. The van der Waals surface area contributed by atoms with Gasteiger partial charge in [0.2, 0.25) is 0 Å². The molecular weight excluding hydrogens is 268 g/mol. The number of carbonyl (C=O) groups excluding carboxylic acids is 1. The quantitative estimate of drug-likeness (QED) is 0.438. The molecule has 0 saturated heterocycles. The molecule has 114 valence electrons.